The van der Waals surface area contributed by atoms with Crippen molar-refractivity contribution >= 4 is 11.9 Å². The van der Waals surface area contributed by atoms with Gasteiger partial charge in [0.1, 0.15) is 0 Å². The van der Waals surface area contributed by atoms with E-state index >= 15 is 0 Å². The second-order valence-corrected chi connectivity index (χ2v) is 2.83. The lowest BCUT2D eigenvalue weighted by molar-refractivity contribution is -0.117. The van der Waals surface area contributed by atoms with Crippen LogP contribution in [0.4, 0.5) is 0 Å². The Morgan fingerprint density at radius 2 is 2.00 bits per heavy atom. The van der Waals surface area contributed by atoms with E-state index in [0.29, 0.717) is 6.42 Å². The van der Waals surface area contributed by atoms with Crippen molar-refractivity contribution in [1.82, 2.24) is 0 Å². The molecule has 0 fully saturated rings. The van der Waals surface area contributed by atoms with Gasteiger partial charge < -0.3 is 5.11 Å². The maximum Gasteiger partial charge on any atom is 0.201 e. The van der Waals surface area contributed by atoms with Gasteiger partial charge in [-0.05, 0) is 17.2 Å². The highest BCUT2D eigenvalue weighted by atomic mass is 16.3. The molecule has 0 unspecified atom stereocenters. The molecule has 60 valence electrons. The van der Waals surface area contributed by atoms with E-state index in [9.17, 15) is 4.79 Å². The van der Waals surface area contributed by atoms with Gasteiger partial charge in [-0.3, -0.25) is 4.79 Å². The Morgan fingerprint density at radius 3 is 2.83 bits per heavy atom. The van der Waals surface area contributed by atoms with Crippen molar-refractivity contribution in [2.75, 3.05) is 0 Å². The van der Waals surface area contributed by atoms with Crippen molar-refractivity contribution in [3.05, 3.63) is 41.2 Å². The summed E-state index contributed by atoms with van der Waals surface area (Å²) in [5.74, 6) is -0.331. The summed E-state index contributed by atoms with van der Waals surface area (Å²) in [6.45, 7) is 0. The third-order valence-corrected chi connectivity index (χ3v) is 1.98. The van der Waals surface area contributed by atoms with E-state index in [4.69, 9.17) is 5.11 Å². The molecular weight excluding hydrogens is 152 g/mol. The molecule has 0 spiro atoms. The van der Waals surface area contributed by atoms with Gasteiger partial charge in [-0.25, -0.2) is 0 Å². The van der Waals surface area contributed by atoms with Gasteiger partial charge in [-0.15, -0.1) is 0 Å². The fraction of sp³-hybridized carbons (Fsp3) is 0.100. The van der Waals surface area contributed by atoms with E-state index in [1.807, 2.05) is 24.3 Å². The van der Waals surface area contributed by atoms with Crippen molar-refractivity contribution in [3.8, 4) is 0 Å². The van der Waals surface area contributed by atoms with E-state index in [2.05, 4.69) is 0 Å². The minimum atomic E-state index is -0.200. The first-order chi connectivity index (χ1) is 5.77. The van der Waals surface area contributed by atoms with Crippen LogP contribution in [0.1, 0.15) is 11.1 Å². The first-order valence-electron chi connectivity index (χ1n) is 3.79. The Bertz CT molecular complexity index is 364. The third kappa shape index (κ3) is 1.01. The SMILES string of the molecule is O=C1Cc2ccccc2C=C1O. The second-order valence-electron chi connectivity index (χ2n) is 2.83. The smallest absolute Gasteiger partial charge is 0.201 e. The topological polar surface area (TPSA) is 37.3 Å². The molecule has 0 amide bonds. The van der Waals surface area contributed by atoms with Crippen molar-refractivity contribution in [3.63, 3.8) is 0 Å². The first kappa shape index (κ1) is 7.10. The highest BCUT2D eigenvalue weighted by molar-refractivity contribution is 6.01. The number of Topliss-reactive ketones (excluding diaryl/α,β-unsaturated/α-hetero) is 1. The molecule has 0 bridgehead atoms. The fourth-order valence-corrected chi connectivity index (χ4v) is 1.33. The van der Waals surface area contributed by atoms with E-state index in [1.165, 1.54) is 6.08 Å². The summed E-state index contributed by atoms with van der Waals surface area (Å²) in [5, 5.41) is 9.14. The number of allylic oxidation sites excluding steroid dienone is 1. The van der Waals surface area contributed by atoms with Crippen molar-refractivity contribution in [2.24, 2.45) is 0 Å². The first-order valence-corrected chi connectivity index (χ1v) is 3.79. The molecule has 0 radical (unpaired) electrons. The molecule has 1 aromatic carbocycles. The summed E-state index contributed by atoms with van der Waals surface area (Å²) in [4.78, 5) is 11.0. The summed E-state index contributed by atoms with van der Waals surface area (Å²) >= 11 is 0. The zero-order valence-electron chi connectivity index (χ0n) is 6.45. The van der Waals surface area contributed by atoms with Gasteiger partial charge in [0.2, 0.25) is 5.78 Å². The maximum atomic E-state index is 11.0. The monoisotopic (exact) mass is 160 g/mol. The number of carbonyl (C=O) groups excluding carboxylic acids is 1. The Hall–Kier alpha value is -1.57. The van der Waals surface area contributed by atoms with Gasteiger partial charge in [0.15, 0.2) is 5.76 Å². The molecule has 0 atom stereocenters. The van der Waals surface area contributed by atoms with Crippen LogP contribution in [-0.4, -0.2) is 10.9 Å². The van der Waals surface area contributed by atoms with Gasteiger partial charge in [0, 0.05) is 6.42 Å². The van der Waals surface area contributed by atoms with Crippen molar-refractivity contribution in [1.29, 1.82) is 0 Å². The average molecular weight is 160 g/mol. The highest BCUT2D eigenvalue weighted by Gasteiger charge is 2.16. The number of hydrogen-bond donors (Lipinski definition) is 1. The van der Waals surface area contributed by atoms with Crippen LogP contribution in [0.2, 0.25) is 0 Å². The molecule has 0 saturated heterocycles. The number of aliphatic hydroxyl groups is 1. The Kier molecular flexibility index (Phi) is 1.47. The van der Waals surface area contributed by atoms with Crippen LogP contribution in [0.15, 0.2) is 30.0 Å². The highest BCUT2D eigenvalue weighted by Crippen LogP contribution is 2.19. The molecule has 2 heteroatoms. The predicted octanol–water partition coefficient (Wildman–Crippen LogP) is 1.71. The molecule has 12 heavy (non-hydrogen) atoms. The van der Waals surface area contributed by atoms with Gasteiger partial charge in [-0.1, -0.05) is 24.3 Å². The molecular formula is C10H8O2. The third-order valence-electron chi connectivity index (χ3n) is 1.98. The number of aliphatic hydroxyl groups excluding tert-OH is 1. The lowest BCUT2D eigenvalue weighted by atomic mass is 9.96. The van der Waals surface area contributed by atoms with E-state index in [1.54, 1.807) is 0 Å². The second kappa shape index (κ2) is 2.48. The van der Waals surface area contributed by atoms with Crippen molar-refractivity contribution in [2.45, 2.75) is 6.42 Å². The fourth-order valence-electron chi connectivity index (χ4n) is 1.33. The summed E-state index contributed by atoms with van der Waals surface area (Å²) in [6, 6.07) is 7.56. The summed E-state index contributed by atoms with van der Waals surface area (Å²) in [7, 11) is 0. The predicted molar refractivity (Wildman–Crippen MR) is 45.8 cm³/mol. The lowest BCUT2D eigenvalue weighted by Gasteiger charge is -2.10. The Labute approximate surface area is 70.2 Å². The van der Waals surface area contributed by atoms with Crippen LogP contribution < -0.4 is 0 Å². The van der Waals surface area contributed by atoms with Crippen molar-refractivity contribution < 1.29 is 9.90 Å². The maximum absolute atomic E-state index is 11.0. The van der Waals surface area contributed by atoms with Gasteiger partial charge >= 0.3 is 0 Å². The van der Waals surface area contributed by atoms with E-state index in [-0.39, 0.29) is 11.5 Å². The van der Waals surface area contributed by atoms with Crippen LogP contribution in [0.25, 0.3) is 6.08 Å². The van der Waals surface area contributed by atoms with Crippen LogP contribution in [0, 0.1) is 0 Å². The Balaban J connectivity index is 2.56. The minimum Gasteiger partial charge on any atom is -0.504 e. The molecule has 1 aromatic rings. The Morgan fingerprint density at radius 1 is 1.25 bits per heavy atom. The molecule has 2 nitrogen and oxygen atoms in total. The number of ketones is 1. The number of rotatable bonds is 0. The summed E-state index contributed by atoms with van der Waals surface area (Å²) in [5.41, 5.74) is 1.93. The quantitative estimate of drug-likeness (QED) is 0.627. The van der Waals surface area contributed by atoms with E-state index in [0.717, 1.165) is 11.1 Å². The van der Waals surface area contributed by atoms with Gasteiger partial charge in [0.05, 0.1) is 0 Å². The van der Waals surface area contributed by atoms with Crippen LogP contribution in [-0.2, 0) is 11.2 Å². The molecule has 0 aromatic heterocycles. The lowest BCUT2D eigenvalue weighted by Crippen LogP contribution is -2.11. The number of carbonyl (C=O) groups is 1. The van der Waals surface area contributed by atoms with Crippen LogP contribution in [0.3, 0.4) is 0 Å². The number of fused-ring (bicyclic) bond motifs is 1. The number of benzene rings is 1. The molecule has 0 heterocycles. The molecule has 2 rings (SSSR count). The van der Waals surface area contributed by atoms with Gasteiger partial charge in [0.25, 0.3) is 0 Å². The normalized spacial score (nSPS) is 15.3. The molecule has 1 aliphatic rings. The molecule has 1 aliphatic carbocycles. The zero-order chi connectivity index (χ0) is 8.55. The zero-order valence-corrected chi connectivity index (χ0v) is 6.45. The molecule has 0 aliphatic heterocycles. The molecule has 0 saturated carbocycles. The van der Waals surface area contributed by atoms with Gasteiger partial charge in [-0.2, -0.15) is 0 Å². The number of hydrogen-bond acceptors (Lipinski definition) is 2. The standard InChI is InChI=1S/C10H8O2/c11-9-5-7-3-1-2-4-8(7)6-10(9)12/h1-5,11H,6H2. The minimum absolute atomic E-state index is 0.131. The molecule has 1 N–H and O–H groups in total. The summed E-state index contributed by atoms with van der Waals surface area (Å²) < 4.78 is 0. The average Bonchev–Trinajstić information content (AvgIpc) is 2.07. The van der Waals surface area contributed by atoms with E-state index < -0.39 is 0 Å². The van der Waals surface area contributed by atoms with Crippen LogP contribution >= 0.6 is 0 Å². The van der Waals surface area contributed by atoms with Crippen LogP contribution in [0.5, 0.6) is 0 Å². The largest absolute Gasteiger partial charge is 0.504 e. The summed E-state index contributed by atoms with van der Waals surface area (Å²) in [6.07, 6.45) is 1.83.